The third kappa shape index (κ3) is 4.17. The number of hydrogen-bond acceptors (Lipinski definition) is 3. The molecule has 0 aromatic heterocycles. The minimum absolute atomic E-state index is 0.0835. The second kappa shape index (κ2) is 6.43. The van der Waals surface area contributed by atoms with Crippen molar-refractivity contribution in [3.63, 3.8) is 0 Å². The van der Waals surface area contributed by atoms with Gasteiger partial charge in [-0.2, -0.15) is 0 Å². The van der Waals surface area contributed by atoms with Crippen LogP contribution in [0.3, 0.4) is 0 Å². The van der Waals surface area contributed by atoms with Crippen molar-refractivity contribution in [2.75, 3.05) is 13.1 Å². The summed E-state index contributed by atoms with van der Waals surface area (Å²) in [6, 6.07) is 6.05. The van der Waals surface area contributed by atoms with Crippen LogP contribution in [0.2, 0.25) is 0 Å². The van der Waals surface area contributed by atoms with Crippen LogP contribution in [-0.4, -0.2) is 40.7 Å². The summed E-state index contributed by atoms with van der Waals surface area (Å²) in [7, 11) is 0. The van der Waals surface area contributed by atoms with Crippen molar-refractivity contribution in [3.05, 3.63) is 30.1 Å². The average molecular weight is 295 g/mol. The van der Waals surface area contributed by atoms with Crippen molar-refractivity contribution in [3.8, 4) is 5.75 Å². The normalized spacial score (nSPS) is 24.3. The fourth-order valence-corrected chi connectivity index (χ4v) is 2.52. The summed E-state index contributed by atoms with van der Waals surface area (Å²) in [6.45, 7) is 4.51. The molecule has 2 unspecified atom stereocenters. The SMILES string of the molecule is CC(Oc1ccccc1F)C(=O)N1CCCC(C)(O)CC1. The highest BCUT2D eigenvalue weighted by Crippen LogP contribution is 2.23. The Kier molecular flexibility index (Phi) is 4.83. The number of likely N-dealkylation sites (tertiary alicyclic amines) is 1. The Morgan fingerprint density at radius 1 is 1.38 bits per heavy atom. The van der Waals surface area contributed by atoms with E-state index in [1.165, 1.54) is 12.1 Å². The van der Waals surface area contributed by atoms with Crippen LogP contribution in [0.25, 0.3) is 0 Å². The minimum Gasteiger partial charge on any atom is -0.478 e. The highest BCUT2D eigenvalue weighted by molar-refractivity contribution is 5.81. The molecule has 0 aliphatic carbocycles. The third-order valence-electron chi connectivity index (χ3n) is 3.86. The summed E-state index contributed by atoms with van der Waals surface area (Å²) in [5, 5.41) is 10.0. The van der Waals surface area contributed by atoms with Gasteiger partial charge in [-0.1, -0.05) is 12.1 Å². The number of benzene rings is 1. The van der Waals surface area contributed by atoms with Crippen molar-refractivity contribution in [1.29, 1.82) is 0 Å². The lowest BCUT2D eigenvalue weighted by molar-refractivity contribution is -0.138. The molecule has 4 nitrogen and oxygen atoms in total. The molecule has 0 spiro atoms. The van der Waals surface area contributed by atoms with Crippen LogP contribution in [-0.2, 0) is 4.79 Å². The summed E-state index contributed by atoms with van der Waals surface area (Å²) in [5.74, 6) is -0.563. The first-order valence-electron chi connectivity index (χ1n) is 7.31. The fraction of sp³-hybridized carbons (Fsp3) is 0.562. The lowest BCUT2D eigenvalue weighted by Gasteiger charge is -2.25. The molecule has 1 fully saturated rings. The molecule has 1 saturated heterocycles. The van der Waals surface area contributed by atoms with Crippen molar-refractivity contribution < 1.29 is 19.0 Å². The molecule has 0 radical (unpaired) electrons. The summed E-state index contributed by atoms with van der Waals surface area (Å²) >= 11 is 0. The van der Waals surface area contributed by atoms with E-state index in [1.807, 2.05) is 0 Å². The maximum Gasteiger partial charge on any atom is 0.263 e. The molecule has 1 aliphatic rings. The molecule has 1 aliphatic heterocycles. The molecule has 1 N–H and O–H groups in total. The van der Waals surface area contributed by atoms with Crippen LogP contribution in [0.4, 0.5) is 4.39 Å². The van der Waals surface area contributed by atoms with Crippen LogP contribution in [0.1, 0.15) is 33.1 Å². The van der Waals surface area contributed by atoms with E-state index < -0.39 is 17.5 Å². The van der Waals surface area contributed by atoms with Gasteiger partial charge in [-0.3, -0.25) is 4.79 Å². The summed E-state index contributed by atoms with van der Waals surface area (Å²) in [4.78, 5) is 14.1. The second-order valence-electron chi connectivity index (χ2n) is 5.87. The zero-order valence-corrected chi connectivity index (χ0v) is 12.5. The smallest absolute Gasteiger partial charge is 0.263 e. The Labute approximate surface area is 124 Å². The van der Waals surface area contributed by atoms with Gasteiger partial charge in [0.05, 0.1) is 5.60 Å². The number of amides is 1. The number of carbonyl (C=O) groups excluding carboxylic acids is 1. The molecule has 116 valence electrons. The van der Waals surface area contributed by atoms with Gasteiger partial charge in [0.2, 0.25) is 0 Å². The third-order valence-corrected chi connectivity index (χ3v) is 3.86. The lowest BCUT2D eigenvalue weighted by atomic mass is 9.98. The van der Waals surface area contributed by atoms with Gasteiger partial charge >= 0.3 is 0 Å². The highest BCUT2D eigenvalue weighted by Gasteiger charge is 2.29. The quantitative estimate of drug-likeness (QED) is 0.931. The highest BCUT2D eigenvalue weighted by atomic mass is 19.1. The second-order valence-corrected chi connectivity index (χ2v) is 5.87. The number of ether oxygens (including phenoxy) is 1. The van der Waals surface area contributed by atoms with Crippen molar-refractivity contribution in [2.45, 2.75) is 44.8 Å². The Morgan fingerprint density at radius 3 is 2.81 bits per heavy atom. The van der Waals surface area contributed by atoms with Gasteiger partial charge in [0, 0.05) is 13.1 Å². The van der Waals surface area contributed by atoms with Crippen LogP contribution in [0.15, 0.2) is 24.3 Å². The topological polar surface area (TPSA) is 49.8 Å². The number of hydrogen-bond donors (Lipinski definition) is 1. The van der Waals surface area contributed by atoms with Crippen LogP contribution >= 0.6 is 0 Å². The van der Waals surface area contributed by atoms with Gasteiger partial charge in [-0.25, -0.2) is 4.39 Å². The predicted molar refractivity (Wildman–Crippen MR) is 77.5 cm³/mol. The van der Waals surface area contributed by atoms with E-state index in [4.69, 9.17) is 4.74 Å². The van der Waals surface area contributed by atoms with Crippen LogP contribution < -0.4 is 4.74 Å². The fourth-order valence-electron chi connectivity index (χ4n) is 2.52. The van der Waals surface area contributed by atoms with E-state index in [0.29, 0.717) is 25.9 Å². The van der Waals surface area contributed by atoms with Gasteiger partial charge in [-0.15, -0.1) is 0 Å². The summed E-state index contributed by atoms with van der Waals surface area (Å²) in [5.41, 5.74) is -0.718. The van der Waals surface area contributed by atoms with Gasteiger partial charge in [0.25, 0.3) is 5.91 Å². The Morgan fingerprint density at radius 2 is 2.10 bits per heavy atom. The molecule has 5 heteroatoms. The average Bonchev–Trinajstić information content (AvgIpc) is 2.61. The zero-order valence-electron chi connectivity index (χ0n) is 12.5. The van der Waals surface area contributed by atoms with E-state index in [0.717, 1.165) is 6.42 Å². The minimum atomic E-state index is -0.745. The van der Waals surface area contributed by atoms with Gasteiger partial charge < -0.3 is 14.7 Å². The van der Waals surface area contributed by atoms with Crippen molar-refractivity contribution >= 4 is 5.91 Å². The molecule has 1 aromatic carbocycles. The first kappa shape index (κ1) is 15.8. The Hall–Kier alpha value is -1.62. The number of nitrogens with zero attached hydrogens (tertiary/aromatic N) is 1. The van der Waals surface area contributed by atoms with E-state index >= 15 is 0 Å². The maximum atomic E-state index is 13.5. The zero-order chi connectivity index (χ0) is 15.5. The maximum absolute atomic E-state index is 13.5. The number of para-hydroxylation sites is 1. The van der Waals surface area contributed by atoms with E-state index in [-0.39, 0.29) is 11.7 Å². The molecule has 21 heavy (non-hydrogen) atoms. The van der Waals surface area contributed by atoms with Crippen LogP contribution in [0, 0.1) is 5.82 Å². The molecule has 0 bridgehead atoms. The number of carbonyl (C=O) groups is 1. The lowest BCUT2D eigenvalue weighted by Crippen LogP contribution is -2.41. The molecule has 1 aromatic rings. The van der Waals surface area contributed by atoms with Crippen molar-refractivity contribution in [2.24, 2.45) is 0 Å². The molecule has 1 heterocycles. The largest absolute Gasteiger partial charge is 0.478 e. The first-order chi connectivity index (χ1) is 9.89. The van der Waals surface area contributed by atoms with Gasteiger partial charge in [0.1, 0.15) is 0 Å². The Bertz CT molecular complexity index is 504. The standard InChI is InChI=1S/C16H22FNO3/c1-12(21-14-7-4-3-6-13(14)17)15(19)18-10-5-8-16(2,20)9-11-18/h3-4,6-7,12,20H,5,8-11H2,1-2H3. The molecule has 2 rings (SSSR count). The van der Waals surface area contributed by atoms with Crippen LogP contribution in [0.5, 0.6) is 5.75 Å². The number of rotatable bonds is 3. The summed E-state index contributed by atoms with van der Waals surface area (Å²) in [6.07, 6.45) is 1.24. The predicted octanol–water partition coefficient (Wildman–Crippen LogP) is 2.36. The van der Waals surface area contributed by atoms with E-state index in [9.17, 15) is 14.3 Å². The van der Waals surface area contributed by atoms with E-state index in [2.05, 4.69) is 0 Å². The van der Waals surface area contributed by atoms with Gasteiger partial charge in [0.15, 0.2) is 17.7 Å². The molecule has 1 amide bonds. The molecular weight excluding hydrogens is 273 g/mol. The Balaban J connectivity index is 1.98. The van der Waals surface area contributed by atoms with E-state index in [1.54, 1.807) is 30.9 Å². The monoisotopic (exact) mass is 295 g/mol. The number of halogens is 1. The molecule has 2 atom stereocenters. The van der Waals surface area contributed by atoms with Crippen molar-refractivity contribution in [1.82, 2.24) is 4.90 Å². The molecule has 0 saturated carbocycles. The first-order valence-corrected chi connectivity index (χ1v) is 7.31. The molecular formula is C16H22FNO3. The van der Waals surface area contributed by atoms with Gasteiger partial charge in [-0.05, 0) is 45.2 Å². The number of aliphatic hydroxyl groups is 1. The summed E-state index contributed by atoms with van der Waals surface area (Å²) < 4.78 is 19.0.